The Morgan fingerprint density at radius 2 is 1.92 bits per heavy atom. The lowest BCUT2D eigenvalue weighted by molar-refractivity contribution is 0.0106. The molecule has 37 heavy (non-hydrogen) atoms. The molecule has 0 atom stereocenters. The topological polar surface area (TPSA) is 97.3 Å². The van der Waals surface area contributed by atoms with E-state index in [4.69, 9.17) is 13.0 Å². The van der Waals surface area contributed by atoms with E-state index in [1.165, 1.54) is 16.5 Å². The number of aryl methyl sites for hydroxylation is 2. The van der Waals surface area contributed by atoms with Crippen molar-refractivity contribution in [2.24, 2.45) is 0 Å². The number of amides is 1. The molecule has 4 aromatic rings. The second-order valence-corrected chi connectivity index (χ2v) is 10.7. The Kier molecular flexibility index (Phi) is 3.79. The fourth-order valence-electron chi connectivity index (χ4n) is 4.88. The minimum atomic E-state index is -2.62. The quantitative estimate of drug-likeness (QED) is 0.409. The lowest BCUT2D eigenvalue weighted by atomic mass is 10.1. The molecule has 0 N–H and O–H groups in total. The van der Waals surface area contributed by atoms with E-state index in [2.05, 4.69) is 20.0 Å². The number of nitrogens with zero attached hydrogens (tertiary/aromatic N) is 7. The van der Waals surface area contributed by atoms with Crippen LogP contribution in [0, 0.1) is 13.7 Å². The van der Waals surface area contributed by atoms with Gasteiger partial charge in [-0.2, -0.15) is 5.10 Å². The molecule has 1 aliphatic carbocycles. The predicted molar refractivity (Wildman–Crippen MR) is 140 cm³/mol. The van der Waals surface area contributed by atoms with Crippen LogP contribution in [0.1, 0.15) is 53.1 Å². The normalized spacial score (nSPS) is 20.2. The third-order valence-corrected chi connectivity index (χ3v) is 6.79. The number of pyridine rings is 1. The van der Waals surface area contributed by atoms with Crippen LogP contribution in [0.4, 0.5) is 10.5 Å². The van der Waals surface area contributed by atoms with Crippen LogP contribution < -0.4 is 10.5 Å². The van der Waals surface area contributed by atoms with Crippen molar-refractivity contribution in [1.82, 2.24) is 28.9 Å². The molecule has 4 aromatic heterocycles. The smallest absolute Gasteiger partial charge is 0.410 e. The van der Waals surface area contributed by atoms with Gasteiger partial charge in [0, 0.05) is 40.1 Å². The Balaban J connectivity index is 1.32. The van der Waals surface area contributed by atoms with Gasteiger partial charge < -0.3 is 9.64 Å². The zero-order chi connectivity index (χ0) is 31.1. The molecule has 0 aromatic carbocycles. The molecule has 1 amide bonds. The Morgan fingerprint density at radius 3 is 2.65 bits per heavy atom. The standard InChI is InChI=1S/C27H31N7O3/c1-17-12-21(30-34-14-18(2)28-24(17)34)20-13-23(35)32-15-19(6-7-22(32)29-20)31-10-11-33(27(16-31)8-9-27)25(36)37-26(3,4)5/h6-7,12-15H,8-11,16H2,1-5H3/i1D3,2D3. The molecule has 0 unspecified atom stereocenters. The molecule has 192 valence electrons. The van der Waals surface area contributed by atoms with Gasteiger partial charge in [-0.15, -0.1) is 0 Å². The minimum Gasteiger partial charge on any atom is -0.444 e. The summed E-state index contributed by atoms with van der Waals surface area (Å²) < 4.78 is 55.0. The number of carbonyl (C=O) groups is 1. The summed E-state index contributed by atoms with van der Waals surface area (Å²) in [6.45, 7) is 2.05. The zero-order valence-corrected chi connectivity index (χ0v) is 20.9. The molecule has 10 heteroatoms. The summed E-state index contributed by atoms with van der Waals surface area (Å²) in [5, 5.41) is 4.35. The highest BCUT2D eigenvalue weighted by Gasteiger charge is 2.54. The van der Waals surface area contributed by atoms with Gasteiger partial charge in [-0.05, 0) is 71.1 Å². The minimum absolute atomic E-state index is 0.0886. The highest BCUT2D eigenvalue weighted by Crippen LogP contribution is 2.45. The van der Waals surface area contributed by atoms with Crippen LogP contribution in [0.25, 0.3) is 22.7 Å². The van der Waals surface area contributed by atoms with E-state index < -0.39 is 24.9 Å². The summed E-state index contributed by atoms with van der Waals surface area (Å²) in [5.41, 5.74) is -0.511. The highest BCUT2D eigenvalue weighted by atomic mass is 16.6. The number of aromatic nitrogens is 5. The monoisotopic (exact) mass is 507 g/mol. The number of rotatable bonds is 2. The molecule has 0 bridgehead atoms. The van der Waals surface area contributed by atoms with E-state index in [9.17, 15) is 9.59 Å². The van der Waals surface area contributed by atoms with Gasteiger partial charge in [-0.25, -0.2) is 19.3 Å². The molecular weight excluding hydrogens is 470 g/mol. The zero-order valence-electron chi connectivity index (χ0n) is 26.9. The van der Waals surface area contributed by atoms with Crippen molar-refractivity contribution in [3.8, 4) is 11.4 Å². The maximum absolute atomic E-state index is 13.3. The van der Waals surface area contributed by atoms with E-state index in [0.29, 0.717) is 25.3 Å². The second-order valence-electron chi connectivity index (χ2n) is 10.7. The average molecular weight is 508 g/mol. The molecule has 0 radical (unpaired) electrons. The van der Waals surface area contributed by atoms with Gasteiger partial charge >= 0.3 is 6.09 Å². The number of carbonyl (C=O) groups excluding carboxylic acids is 1. The first-order valence-corrected chi connectivity index (χ1v) is 12.1. The van der Waals surface area contributed by atoms with Crippen LogP contribution in [-0.2, 0) is 4.74 Å². The first kappa shape index (κ1) is 17.5. The largest absolute Gasteiger partial charge is 0.444 e. The maximum Gasteiger partial charge on any atom is 0.410 e. The maximum atomic E-state index is 13.3. The number of ether oxygens (including phenoxy) is 1. The Bertz CT molecular complexity index is 1820. The molecule has 2 aliphatic rings. The van der Waals surface area contributed by atoms with Crippen LogP contribution in [0.3, 0.4) is 0 Å². The first-order valence-electron chi connectivity index (χ1n) is 15.1. The SMILES string of the molecule is [2H]C([2H])([2H])c1cn2nc(-c3cc(=O)n4cc(N5CCN(C(=O)OC(C)(C)C)C6(CC6)C5)ccc4n3)cc(C([2H])([2H])[2H])c2n1. The molecule has 2 fully saturated rings. The lowest BCUT2D eigenvalue weighted by Gasteiger charge is -2.43. The summed E-state index contributed by atoms with van der Waals surface area (Å²) in [4.78, 5) is 38.7. The van der Waals surface area contributed by atoms with Gasteiger partial charge in [0.25, 0.3) is 5.56 Å². The van der Waals surface area contributed by atoms with Gasteiger partial charge in [0.05, 0.1) is 28.8 Å². The molecular formula is C27H31N7O3. The van der Waals surface area contributed by atoms with E-state index >= 15 is 0 Å². The summed E-state index contributed by atoms with van der Waals surface area (Å²) >= 11 is 0. The van der Waals surface area contributed by atoms with Crippen molar-refractivity contribution in [2.75, 3.05) is 24.5 Å². The van der Waals surface area contributed by atoms with Crippen molar-refractivity contribution in [2.45, 2.75) is 58.5 Å². The average Bonchev–Trinajstić information content (AvgIpc) is 3.49. The summed E-state index contributed by atoms with van der Waals surface area (Å²) in [5.74, 6) is 0. The van der Waals surface area contributed by atoms with Gasteiger partial charge in [-0.3, -0.25) is 14.1 Å². The van der Waals surface area contributed by atoms with Gasteiger partial charge in [0.15, 0.2) is 5.65 Å². The second kappa shape index (κ2) is 8.03. The molecule has 1 spiro atoms. The predicted octanol–water partition coefficient (Wildman–Crippen LogP) is 3.61. The molecule has 1 saturated carbocycles. The Labute approximate surface area is 222 Å². The van der Waals surface area contributed by atoms with Crippen LogP contribution in [-0.4, -0.2) is 65.8 Å². The third kappa shape index (κ3) is 4.20. The summed E-state index contributed by atoms with van der Waals surface area (Å²) in [6.07, 6.45) is 4.31. The highest BCUT2D eigenvalue weighted by molar-refractivity contribution is 5.71. The van der Waals surface area contributed by atoms with Crippen LogP contribution in [0.5, 0.6) is 0 Å². The number of hydrogen-bond acceptors (Lipinski definition) is 7. The van der Waals surface area contributed by atoms with Crippen molar-refractivity contribution in [3.63, 3.8) is 0 Å². The molecule has 5 heterocycles. The Morgan fingerprint density at radius 1 is 1.08 bits per heavy atom. The van der Waals surface area contributed by atoms with Gasteiger partial charge in [0.2, 0.25) is 0 Å². The molecule has 1 aliphatic heterocycles. The number of anilines is 1. The molecule has 10 nitrogen and oxygen atoms in total. The van der Waals surface area contributed by atoms with Crippen molar-refractivity contribution in [1.29, 1.82) is 0 Å². The molecule has 1 saturated heterocycles. The van der Waals surface area contributed by atoms with Gasteiger partial charge in [0.1, 0.15) is 16.9 Å². The van der Waals surface area contributed by atoms with E-state index in [0.717, 1.165) is 29.2 Å². The van der Waals surface area contributed by atoms with E-state index in [-0.39, 0.29) is 39.9 Å². The van der Waals surface area contributed by atoms with Crippen LogP contribution in [0.2, 0.25) is 0 Å². The number of imidazole rings is 1. The van der Waals surface area contributed by atoms with Crippen molar-refractivity contribution in [3.05, 3.63) is 58.3 Å². The van der Waals surface area contributed by atoms with Crippen LogP contribution in [0.15, 0.2) is 41.5 Å². The fourth-order valence-corrected chi connectivity index (χ4v) is 4.88. The van der Waals surface area contributed by atoms with Crippen LogP contribution >= 0.6 is 0 Å². The van der Waals surface area contributed by atoms with E-state index in [1.54, 1.807) is 12.3 Å². The summed E-state index contributed by atoms with van der Waals surface area (Å²) in [7, 11) is 0. The summed E-state index contributed by atoms with van der Waals surface area (Å²) in [6, 6.07) is 6.09. The number of piperazine rings is 1. The van der Waals surface area contributed by atoms with Gasteiger partial charge in [-0.1, -0.05) is 0 Å². The molecule has 6 rings (SSSR count). The van der Waals surface area contributed by atoms with E-state index in [1.807, 2.05) is 31.7 Å². The first-order chi connectivity index (χ1) is 19.9. The number of fused-ring (bicyclic) bond motifs is 2. The lowest BCUT2D eigenvalue weighted by Crippen LogP contribution is -2.58. The van der Waals surface area contributed by atoms with Crippen molar-refractivity contribution >= 4 is 23.1 Å². The fraction of sp³-hybridized carbons (Fsp3) is 0.444. The van der Waals surface area contributed by atoms with Crippen molar-refractivity contribution < 1.29 is 17.8 Å². The third-order valence-electron chi connectivity index (χ3n) is 6.79. The number of hydrogen-bond donors (Lipinski definition) is 0. The Hall–Kier alpha value is -3.95.